The number of carbonyl (C=O) groups excluding carboxylic acids is 3. The summed E-state index contributed by atoms with van der Waals surface area (Å²) in [6.45, 7) is 2.01. The van der Waals surface area contributed by atoms with Crippen molar-refractivity contribution in [1.29, 1.82) is 0 Å². The Hall–Kier alpha value is -3.35. The number of aryl methyl sites for hydroxylation is 1. The predicted molar refractivity (Wildman–Crippen MR) is 99.8 cm³/mol. The normalized spacial score (nSPS) is 13.5. The SMILES string of the molecule is Cc1ccc(O)c(C(=O)OCC(=O)Nc2ccc(N3CCCC3=O)cc2)c1. The van der Waals surface area contributed by atoms with E-state index < -0.39 is 18.5 Å². The molecule has 1 aliphatic rings. The molecule has 0 spiro atoms. The highest BCUT2D eigenvalue weighted by molar-refractivity contribution is 5.98. The predicted octanol–water partition coefficient (Wildman–Crippen LogP) is 2.62. The molecule has 0 aliphatic carbocycles. The highest BCUT2D eigenvalue weighted by Crippen LogP contribution is 2.23. The van der Waals surface area contributed by atoms with E-state index in [1.165, 1.54) is 12.1 Å². The van der Waals surface area contributed by atoms with Crippen molar-refractivity contribution in [3.8, 4) is 5.75 Å². The molecule has 1 aliphatic heterocycles. The standard InChI is InChI=1S/C20H20N2O5/c1-13-4-9-17(23)16(11-13)20(26)27-12-18(24)21-14-5-7-15(8-6-14)22-10-2-3-19(22)25/h4-9,11,23H,2-3,10,12H2,1H3,(H,21,24). The third-order valence-electron chi connectivity index (χ3n) is 4.24. The summed E-state index contributed by atoms with van der Waals surface area (Å²) < 4.78 is 4.95. The van der Waals surface area contributed by atoms with Crippen molar-refractivity contribution in [2.45, 2.75) is 19.8 Å². The van der Waals surface area contributed by atoms with E-state index in [1.54, 1.807) is 42.2 Å². The monoisotopic (exact) mass is 368 g/mol. The first kappa shape index (κ1) is 18.4. The maximum atomic E-state index is 12.0. The number of amides is 2. The summed E-state index contributed by atoms with van der Waals surface area (Å²) in [5.41, 5.74) is 2.13. The van der Waals surface area contributed by atoms with Crippen molar-refractivity contribution >= 4 is 29.2 Å². The average Bonchev–Trinajstić information content (AvgIpc) is 3.08. The van der Waals surface area contributed by atoms with Gasteiger partial charge in [-0.2, -0.15) is 0 Å². The van der Waals surface area contributed by atoms with Crippen LogP contribution in [0.4, 0.5) is 11.4 Å². The number of benzene rings is 2. The van der Waals surface area contributed by atoms with Crippen LogP contribution in [0.15, 0.2) is 42.5 Å². The third kappa shape index (κ3) is 4.44. The summed E-state index contributed by atoms with van der Waals surface area (Å²) >= 11 is 0. The number of carbonyl (C=O) groups is 3. The summed E-state index contributed by atoms with van der Waals surface area (Å²) in [4.78, 5) is 37.4. The number of phenolic OH excluding ortho intramolecular Hbond substituents is 1. The van der Waals surface area contributed by atoms with Crippen LogP contribution >= 0.6 is 0 Å². The van der Waals surface area contributed by atoms with Crippen molar-refractivity contribution in [2.75, 3.05) is 23.4 Å². The molecule has 1 heterocycles. The number of ether oxygens (including phenoxy) is 1. The topological polar surface area (TPSA) is 95.9 Å². The van der Waals surface area contributed by atoms with Gasteiger partial charge in [-0.05, 0) is 49.7 Å². The molecule has 0 aromatic heterocycles. The summed E-state index contributed by atoms with van der Waals surface area (Å²) in [6.07, 6.45) is 1.40. The Bertz CT molecular complexity index is 876. The van der Waals surface area contributed by atoms with E-state index in [9.17, 15) is 19.5 Å². The van der Waals surface area contributed by atoms with Gasteiger partial charge in [0, 0.05) is 24.3 Å². The zero-order chi connectivity index (χ0) is 19.4. The van der Waals surface area contributed by atoms with Gasteiger partial charge < -0.3 is 20.1 Å². The molecule has 27 heavy (non-hydrogen) atoms. The molecule has 0 unspecified atom stereocenters. The van der Waals surface area contributed by atoms with E-state index in [-0.39, 0.29) is 17.2 Å². The van der Waals surface area contributed by atoms with Crippen molar-refractivity contribution in [3.63, 3.8) is 0 Å². The van der Waals surface area contributed by atoms with Gasteiger partial charge in [0.15, 0.2) is 6.61 Å². The Balaban J connectivity index is 1.54. The molecule has 1 saturated heterocycles. The molecular weight excluding hydrogens is 348 g/mol. The van der Waals surface area contributed by atoms with Crippen LogP contribution in [-0.4, -0.2) is 36.0 Å². The minimum absolute atomic E-state index is 0.0161. The number of phenols is 1. The number of anilines is 2. The Morgan fingerprint density at radius 3 is 2.59 bits per heavy atom. The number of hydrogen-bond acceptors (Lipinski definition) is 5. The van der Waals surface area contributed by atoms with Crippen molar-refractivity contribution in [3.05, 3.63) is 53.6 Å². The summed E-state index contributed by atoms with van der Waals surface area (Å²) in [6, 6.07) is 11.5. The van der Waals surface area contributed by atoms with Gasteiger partial charge in [-0.1, -0.05) is 11.6 Å². The second-order valence-corrected chi connectivity index (χ2v) is 6.34. The Labute approximate surface area is 156 Å². The minimum atomic E-state index is -0.769. The fraction of sp³-hybridized carbons (Fsp3) is 0.250. The van der Waals surface area contributed by atoms with Crippen LogP contribution in [-0.2, 0) is 14.3 Å². The van der Waals surface area contributed by atoms with Gasteiger partial charge in [-0.15, -0.1) is 0 Å². The van der Waals surface area contributed by atoms with Gasteiger partial charge in [0.1, 0.15) is 11.3 Å². The van der Waals surface area contributed by atoms with Gasteiger partial charge >= 0.3 is 5.97 Å². The molecule has 3 rings (SSSR count). The van der Waals surface area contributed by atoms with Crippen LogP contribution in [0, 0.1) is 6.92 Å². The maximum absolute atomic E-state index is 12.0. The molecule has 0 saturated carbocycles. The molecule has 2 N–H and O–H groups in total. The van der Waals surface area contributed by atoms with E-state index >= 15 is 0 Å². The molecular formula is C20H20N2O5. The highest BCUT2D eigenvalue weighted by Gasteiger charge is 2.21. The Morgan fingerprint density at radius 1 is 1.19 bits per heavy atom. The molecule has 0 radical (unpaired) electrons. The zero-order valence-electron chi connectivity index (χ0n) is 14.9. The quantitative estimate of drug-likeness (QED) is 0.791. The number of nitrogens with one attached hydrogen (secondary N) is 1. The van der Waals surface area contributed by atoms with Crippen molar-refractivity contribution < 1.29 is 24.2 Å². The Kier molecular flexibility index (Phi) is 5.40. The summed E-state index contributed by atoms with van der Waals surface area (Å²) in [5, 5.41) is 12.3. The fourth-order valence-corrected chi connectivity index (χ4v) is 2.87. The lowest BCUT2D eigenvalue weighted by molar-refractivity contribution is -0.119. The van der Waals surface area contributed by atoms with Crippen molar-refractivity contribution in [2.24, 2.45) is 0 Å². The molecule has 0 atom stereocenters. The maximum Gasteiger partial charge on any atom is 0.342 e. The van der Waals surface area contributed by atoms with E-state index in [4.69, 9.17) is 4.74 Å². The number of aromatic hydroxyl groups is 1. The number of rotatable bonds is 5. The molecule has 7 nitrogen and oxygen atoms in total. The fourth-order valence-electron chi connectivity index (χ4n) is 2.87. The molecule has 2 aromatic carbocycles. The number of nitrogens with zero attached hydrogens (tertiary/aromatic N) is 1. The summed E-state index contributed by atoms with van der Waals surface area (Å²) in [5.74, 6) is -1.37. The van der Waals surface area contributed by atoms with Crippen LogP contribution in [0.3, 0.4) is 0 Å². The van der Waals surface area contributed by atoms with Crippen LogP contribution in [0.5, 0.6) is 5.75 Å². The van der Waals surface area contributed by atoms with Crippen molar-refractivity contribution in [1.82, 2.24) is 0 Å². The van der Waals surface area contributed by atoms with E-state index in [2.05, 4.69) is 5.32 Å². The van der Waals surface area contributed by atoms with Gasteiger partial charge in [-0.3, -0.25) is 9.59 Å². The zero-order valence-corrected chi connectivity index (χ0v) is 14.9. The lowest BCUT2D eigenvalue weighted by Crippen LogP contribution is -2.23. The average molecular weight is 368 g/mol. The highest BCUT2D eigenvalue weighted by atomic mass is 16.5. The molecule has 140 valence electrons. The Morgan fingerprint density at radius 2 is 1.93 bits per heavy atom. The van der Waals surface area contributed by atoms with E-state index in [0.717, 1.165) is 17.7 Å². The first-order valence-electron chi connectivity index (χ1n) is 8.61. The largest absolute Gasteiger partial charge is 0.507 e. The van der Waals surface area contributed by atoms with E-state index in [0.29, 0.717) is 18.7 Å². The lowest BCUT2D eigenvalue weighted by Gasteiger charge is -2.16. The second-order valence-electron chi connectivity index (χ2n) is 6.34. The van der Waals surface area contributed by atoms with Crippen LogP contribution in [0.2, 0.25) is 0 Å². The molecule has 1 fully saturated rings. The number of esters is 1. The van der Waals surface area contributed by atoms with Gasteiger partial charge in [0.2, 0.25) is 5.91 Å². The second kappa shape index (κ2) is 7.90. The molecule has 0 bridgehead atoms. The van der Waals surface area contributed by atoms with E-state index in [1.807, 2.05) is 0 Å². The third-order valence-corrected chi connectivity index (χ3v) is 4.24. The molecule has 2 amide bonds. The minimum Gasteiger partial charge on any atom is -0.507 e. The molecule has 7 heteroatoms. The smallest absolute Gasteiger partial charge is 0.342 e. The molecule has 2 aromatic rings. The van der Waals surface area contributed by atoms with Crippen LogP contribution in [0.25, 0.3) is 0 Å². The lowest BCUT2D eigenvalue weighted by atomic mass is 10.1. The number of hydrogen-bond donors (Lipinski definition) is 2. The summed E-state index contributed by atoms with van der Waals surface area (Å²) in [7, 11) is 0. The van der Waals surface area contributed by atoms with Gasteiger partial charge in [-0.25, -0.2) is 4.79 Å². The van der Waals surface area contributed by atoms with Crippen LogP contribution in [0.1, 0.15) is 28.8 Å². The van der Waals surface area contributed by atoms with Gasteiger partial charge in [0.05, 0.1) is 0 Å². The van der Waals surface area contributed by atoms with Crippen LogP contribution < -0.4 is 10.2 Å². The first-order valence-corrected chi connectivity index (χ1v) is 8.61. The first-order chi connectivity index (χ1) is 12.9. The van der Waals surface area contributed by atoms with Gasteiger partial charge in [0.25, 0.3) is 5.91 Å².